The Morgan fingerprint density at radius 3 is 2.65 bits per heavy atom. The van der Waals surface area contributed by atoms with E-state index in [2.05, 4.69) is 13.2 Å². The van der Waals surface area contributed by atoms with Crippen molar-refractivity contribution in [3.8, 4) is 0 Å². The molecule has 0 saturated carbocycles. The van der Waals surface area contributed by atoms with E-state index in [0.29, 0.717) is 57.8 Å². The topological polar surface area (TPSA) is 107 Å². The maximum Gasteiger partial charge on any atom is 0.306 e. The summed E-state index contributed by atoms with van der Waals surface area (Å²) in [7, 11) is 0. The van der Waals surface area contributed by atoms with Crippen LogP contribution in [0.5, 0.6) is 0 Å². The lowest BCUT2D eigenvalue weighted by molar-refractivity contribution is -0.149. The molecule has 0 aliphatic carbocycles. The molecule has 178 valence electrons. The average molecular weight is 439 g/mol. The fraction of sp³-hybridized carbons (Fsp3) is 0.720. The van der Waals surface area contributed by atoms with Crippen LogP contribution in [0.3, 0.4) is 0 Å². The highest BCUT2D eigenvalue weighted by Crippen LogP contribution is 2.24. The predicted octanol–water partition coefficient (Wildman–Crippen LogP) is 3.73. The molecule has 0 bridgehead atoms. The molecule has 0 radical (unpaired) electrons. The number of rotatable bonds is 8. The normalized spacial score (nSPS) is 28.1. The first-order chi connectivity index (χ1) is 14.5. The molecular formula is C25H42O6. The van der Waals surface area contributed by atoms with E-state index in [1.54, 1.807) is 13.0 Å². The van der Waals surface area contributed by atoms with Crippen LogP contribution in [0, 0.1) is 0 Å². The highest BCUT2D eigenvalue weighted by Gasteiger charge is 2.20. The Hall–Kier alpha value is -1.47. The third-order valence-corrected chi connectivity index (χ3v) is 5.45. The zero-order valence-electron chi connectivity index (χ0n) is 19.3. The number of aliphatic hydroxyl groups is 4. The SMILES string of the molecule is C=C(CCCC(O)CC(C)O)CC1CC(=C)C[C@@H](O)C/C(C)=C/[C@H](O)CCCC(=O)O1. The number of hydrogen-bond acceptors (Lipinski definition) is 6. The van der Waals surface area contributed by atoms with Crippen molar-refractivity contribution in [3.05, 3.63) is 36.0 Å². The lowest BCUT2D eigenvalue weighted by Crippen LogP contribution is -2.21. The maximum atomic E-state index is 12.3. The van der Waals surface area contributed by atoms with E-state index in [-0.39, 0.29) is 18.5 Å². The Morgan fingerprint density at radius 2 is 1.97 bits per heavy atom. The number of carbonyl (C=O) groups is 1. The zero-order chi connectivity index (χ0) is 23.4. The molecule has 6 heteroatoms. The monoisotopic (exact) mass is 438 g/mol. The van der Waals surface area contributed by atoms with Gasteiger partial charge in [0.1, 0.15) is 6.10 Å². The van der Waals surface area contributed by atoms with Crippen LogP contribution in [0.15, 0.2) is 36.0 Å². The highest BCUT2D eigenvalue weighted by molar-refractivity contribution is 5.69. The van der Waals surface area contributed by atoms with Gasteiger partial charge in [0.25, 0.3) is 0 Å². The number of esters is 1. The molecule has 0 spiro atoms. The molecule has 0 fully saturated rings. The fourth-order valence-electron chi connectivity index (χ4n) is 4.04. The first-order valence-electron chi connectivity index (χ1n) is 11.5. The summed E-state index contributed by atoms with van der Waals surface area (Å²) in [5.41, 5.74) is 2.68. The summed E-state index contributed by atoms with van der Waals surface area (Å²) in [4.78, 5) is 12.3. The van der Waals surface area contributed by atoms with Crippen LogP contribution < -0.4 is 0 Å². The lowest BCUT2D eigenvalue weighted by Gasteiger charge is -2.22. The molecule has 1 rings (SSSR count). The number of aliphatic hydroxyl groups excluding tert-OH is 4. The van der Waals surface area contributed by atoms with Gasteiger partial charge in [0, 0.05) is 19.3 Å². The van der Waals surface area contributed by atoms with Gasteiger partial charge in [0.05, 0.1) is 24.4 Å². The molecule has 0 aromatic heterocycles. The van der Waals surface area contributed by atoms with Crippen molar-refractivity contribution in [2.75, 3.05) is 0 Å². The van der Waals surface area contributed by atoms with Crippen molar-refractivity contribution >= 4 is 5.97 Å². The van der Waals surface area contributed by atoms with E-state index in [4.69, 9.17) is 4.74 Å². The van der Waals surface area contributed by atoms with Crippen molar-refractivity contribution in [1.29, 1.82) is 0 Å². The Kier molecular flexibility index (Phi) is 13.0. The van der Waals surface area contributed by atoms with Gasteiger partial charge in [-0.2, -0.15) is 0 Å². The minimum atomic E-state index is -0.633. The van der Waals surface area contributed by atoms with Crippen LogP contribution in [-0.2, 0) is 9.53 Å². The summed E-state index contributed by atoms with van der Waals surface area (Å²) in [6.45, 7) is 11.7. The van der Waals surface area contributed by atoms with Gasteiger partial charge in [-0.3, -0.25) is 4.79 Å². The smallest absolute Gasteiger partial charge is 0.306 e. The van der Waals surface area contributed by atoms with Crippen LogP contribution in [0.25, 0.3) is 0 Å². The van der Waals surface area contributed by atoms with Gasteiger partial charge < -0.3 is 25.2 Å². The van der Waals surface area contributed by atoms with E-state index in [9.17, 15) is 25.2 Å². The molecule has 31 heavy (non-hydrogen) atoms. The predicted molar refractivity (Wildman–Crippen MR) is 122 cm³/mol. The van der Waals surface area contributed by atoms with E-state index in [1.807, 2.05) is 6.92 Å². The summed E-state index contributed by atoms with van der Waals surface area (Å²) in [5.74, 6) is -0.302. The second-order valence-electron chi connectivity index (χ2n) is 9.19. The van der Waals surface area contributed by atoms with Crippen molar-refractivity contribution in [2.24, 2.45) is 0 Å². The summed E-state index contributed by atoms with van der Waals surface area (Å²) in [6, 6.07) is 0. The van der Waals surface area contributed by atoms with Crippen LogP contribution in [0.4, 0.5) is 0 Å². The van der Waals surface area contributed by atoms with Crippen LogP contribution in [0.2, 0.25) is 0 Å². The third-order valence-electron chi connectivity index (χ3n) is 5.45. The molecule has 0 aromatic carbocycles. The number of hydrogen-bond donors (Lipinski definition) is 4. The van der Waals surface area contributed by atoms with Gasteiger partial charge >= 0.3 is 5.97 Å². The Morgan fingerprint density at radius 1 is 1.26 bits per heavy atom. The van der Waals surface area contributed by atoms with Crippen molar-refractivity contribution in [1.82, 2.24) is 0 Å². The molecule has 3 unspecified atom stereocenters. The van der Waals surface area contributed by atoms with Gasteiger partial charge in [-0.1, -0.05) is 36.0 Å². The molecule has 5 atom stereocenters. The summed E-state index contributed by atoms with van der Waals surface area (Å²) in [5, 5.41) is 39.7. The highest BCUT2D eigenvalue weighted by atomic mass is 16.5. The molecule has 1 aliphatic heterocycles. The zero-order valence-corrected chi connectivity index (χ0v) is 19.3. The van der Waals surface area contributed by atoms with Crippen molar-refractivity contribution < 1.29 is 30.0 Å². The second kappa shape index (κ2) is 14.6. The maximum absolute atomic E-state index is 12.3. The number of cyclic esters (lactones) is 1. The molecular weight excluding hydrogens is 396 g/mol. The summed E-state index contributed by atoms with van der Waals surface area (Å²) < 4.78 is 5.69. The van der Waals surface area contributed by atoms with Gasteiger partial charge in [-0.15, -0.1) is 0 Å². The molecule has 1 aliphatic rings. The quantitative estimate of drug-likeness (QED) is 0.340. The van der Waals surface area contributed by atoms with Gasteiger partial charge in [0.15, 0.2) is 0 Å². The fourth-order valence-corrected chi connectivity index (χ4v) is 4.04. The molecule has 0 saturated heterocycles. The van der Waals surface area contributed by atoms with E-state index < -0.39 is 24.4 Å². The first kappa shape index (κ1) is 27.6. The minimum Gasteiger partial charge on any atom is -0.462 e. The lowest BCUT2D eigenvalue weighted by atomic mass is 9.94. The molecule has 4 N–H and O–H groups in total. The average Bonchev–Trinajstić information content (AvgIpc) is 2.59. The number of ether oxygens (including phenoxy) is 1. The van der Waals surface area contributed by atoms with Crippen LogP contribution in [-0.4, -0.2) is 56.9 Å². The van der Waals surface area contributed by atoms with Gasteiger partial charge in [0.2, 0.25) is 0 Å². The Labute approximate surface area is 187 Å². The third kappa shape index (κ3) is 13.5. The van der Waals surface area contributed by atoms with Gasteiger partial charge in [-0.25, -0.2) is 0 Å². The molecule has 6 nitrogen and oxygen atoms in total. The first-order valence-corrected chi connectivity index (χ1v) is 11.5. The number of carbonyl (C=O) groups excluding carboxylic acids is 1. The summed E-state index contributed by atoms with van der Waals surface area (Å²) >= 11 is 0. The van der Waals surface area contributed by atoms with Crippen molar-refractivity contribution in [3.63, 3.8) is 0 Å². The van der Waals surface area contributed by atoms with E-state index in [1.165, 1.54) is 0 Å². The van der Waals surface area contributed by atoms with Gasteiger partial charge in [-0.05, 0) is 65.2 Å². The standard InChI is InChI=1S/C25H42O6/c1-17(7-5-8-22(28)16-20(4)26)14-24-15-19(3)13-23(29)12-18(2)11-21(27)9-6-10-25(30)31-24/h11,20-24,26-29H,1,3,5-10,12-16H2,2,4H3/b18-11+/t20?,21-,22?,23+,24?/m1/s1. The minimum absolute atomic E-state index is 0.244. The second-order valence-corrected chi connectivity index (χ2v) is 9.19. The molecule has 1 heterocycles. The van der Waals surface area contributed by atoms with Crippen molar-refractivity contribution in [2.45, 2.75) is 115 Å². The Balaban J connectivity index is 2.66. The molecule has 0 aromatic rings. The van der Waals surface area contributed by atoms with E-state index >= 15 is 0 Å². The largest absolute Gasteiger partial charge is 0.462 e. The Bertz CT molecular complexity index is 609. The molecule has 0 amide bonds. The van der Waals surface area contributed by atoms with Crippen LogP contribution >= 0.6 is 0 Å². The van der Waals surface area contributed by atoms with Crippen LogP contribution in [0.1, 0.15) is 84.5 Å². The summed E-state index contributed by atoms with van der Waals surface area (Å²) in [6.07, 6.45) is 4.59. The van der Waals surface area contributed by atoms with E-state index in [0.717, 1.165) is 23.1 Å².